The zero-order chi connectivity index (χ0) is 14.0. The molecule has 0 unspecified atom stereocenters. The summed E-state index contributed by atoms with van der Waals surface area (Å²) < 4.78 is -0.453. The summed E-state index contributed by atoms with van der Waals surface area (Å²) in [6.45, 7) is 2.26. The van der Waals surface area contributed by atoms with E-state index in [-0.39, 0.29) is 0 Å². The molecule has 114 valence electrons. The fourth-order valence-corrected chi connectivity index (χ4v) is 3.96. The Labute approximate surface area is 130 Å². The predicted octanol–water partition coefficient (Wildman–Crippen LogP) is 7.27. The molecule has 0 aromatic carbocycles. The Bertz CT molecular complexity index is 207. The van der Waals surface area contributed by atoms with Crippen LogP contribution in [0.15, 0.2) is 0 Å². The lowest BCUT2D eigenvalue weighted by Crippen LogP contribution is -2.20. The first-order valence-corrected chi connectivity index (χ1v) is 9.27. The van der Waals surface area contributed by atoms with E-state index in [9.17, 15) is 0 Å². The topological polar surface area (TPSA) is 0 Å². The van der Waals surface area contributed by atoms with Crippen molar-refractivity contribution in [3.8, 4) is 0 Å². The molecular weight excluding hydrogens is 275 g/mol. The van der Waals surface area contributed by atoms with Gasteiger partial charge in [-0.1, -0.05) is 84.0 Å². The van der Waals surface area contributed by atoms with E-state index in [0.717, 1.165) is 18.8 Å². The molecule has 1 saturated carbocycles. The van der Waals surface area contributed by atoms with Gasteiger partial charge in [0.1, 0.15) is 4.33 Å². The van der Waals surface area contributed by atoms with Gasteiger partial charge in [-0.2, -0.15) is 0 Å². The lowest BCUT2D eigenvalue weighted by atomic mass is 9.85. The maximum Gasteiger partial charge on any atom is 0.118 e. The van der Waals surface area contributed by atoms with Gasteiger partial charge in [-0.3, -0.25) is 0 Å². The van der Waals surface area contributed by atoms with Crippen LogP contribution in [0.3, 0.4) is 0 Å². The molecule has 0 nitrogen and oxygen atoms in total. The maximum absolute atomic E-state index is 6.50. The van der Waals surface area contributed by atoms with Gasteiger partial charge in [0, 0.05) is 0 Å². The summed E-state index contributed by atoms with van der Waals surface area (Å²) in [7, 11) is 0. The van der Waals surface area contributed by atoms with Crippen LogP contribution >= 0.6 is 23.2 Å². The predicted molar refractivity (Wildman–Crippen MR) is 88.2 cm³/mol. The number of hydrogen-bond donors (Lipinski definition) is 0. The molecular formula is C17H32Cl2. The van der Waals surface area contributed by atoms with Crippen molar-refractivity contribution in [2.45, 2.75) is 101 Å². The second kappa shape index (κ2) is 10.3. The third-order valence-electron chi connectivity index (χ3n) is 4.46. The molecule has 1 fully saturated rings. The van der Waals surface area contributed by atoms with Crippen molar-refractivity contribution in [3.63, 3.8) is 0 Å². The normalized spacial score (nSPS) is 17.8. The summed E-state index contributed by atoms with van der Waals surface area (Å²) in [6, 6.07) is 0. The van der Waals surface area contributed by atoms with Gasteiger partial charge < -0.3 is 0 Å². The maximum atomic E-state index is 6.50. The van der Waals surface area contributed by atoms with Crippen molar-refractivity contribution in [3.05, 3.63) is 0 Å². The minimum Gasteiger partial charge on any atom is -0.102 e. The van der Waals surface area contributed by atoms with E-state index in [2.05, 4.69) is 6.92 Å². The molecule has 0 aliphatic heterocycles. The van der Waals surface area contributed by atoms with Crippen LogP contribution in [-0.2, 0) is 0 Å². The number of halogens is 2. The summed E-state index contributed by atoms with van der Waals surface area (Å²) in [4.78, 5) is 0. The fourth-order valence-electron chi connectivity index (χ4n) is 3.26. The molecule has 0 bridgehead atoms. The minimum absolute atomic E-state index is 0.453. The third kappa shape index (κ3) is 9.19. The summed E-state index contributed by atoms with van der Waals surface area (Å²) in [5.41, 5.74) is 0. The molecule has 0 radical (unpaired) electrons. The molecule has 0 saturated heterocycles. The van der Waals surface area contributed by atoms with E-state index in [0.29, 0.717) is 0 Å². The van der Waals surface area contributed by atoms with Crippen LogP contribution in [0.25, 0.3) is 0 Å². The molecule has 1 aliphatic carbocycles. The van der Waals surface area contributed by atoms with Crippen LogP contribution in [0.4, 0.5) is 0 Å². The van der Waals surface area contributed by atoms with Crippen LogP contribution in [0, 0.1) is 5.92 Å². The zero-order valence-electron chi connectivity index (χ0n) is 12.7. The summed E-state index contributed by atoms with van der Waals surface area (Å²) >= 11 is 13.0. The monoisotopic (exact) mass is 306 g/mol. The Balaban J connectivity index is 2.02. The average molecular weight is 307 g/mol. The first-order chi connectivity index (χ1) is 9.14. The molecule has 1 aliphatic rings. The molecule has 19 heavy (non-hydrogen) atoms. The standard InChI is InChI=1S/C17H32Cl2/c1-2-3-4-5-6-7-11-14-17(18,19)15-16-12-9-8-10-13-16/h16H,2-15H2,1H3. The highest BCUT2D eigenvalue weighted by molar-refractivity contribution is 6.48. The molecule has 0 atom stereocenters. The van der Waals surface area contributed by atoms with E-state index in [4.69, 9.17) is 23.2 Å². The van der Waals surface area contributed by atoms with Crippen LogP contribution in [-0.4, -0.2) is 4.33 Å². The second-order valence-corrected chi connectivity index (χ2v) is 8.08. The number of alkyl halides is 2. The fraction of sp³-hybridized carbons (Fsp3) is 1.00. The van der Waals surface area contributed by atoms with Gasteiger partial charge in [-0.05, 0) is 18.8 Å². The summed E-state index contributed by atoms with van der Waals surface area (Å²) in [5.74, 6) is 0.785. The van der Waals surface area contributed by atoms with E-state index < -0.39 is 4.33 Å². The van der Waals surface area contributed by atoms with Crippen LogP contribution in [0.1, 0.15) is 96.8 Å². The lowest BCUT2D eigenvalue weighted by molar-refractivity contribution is 0.320. The first kappa shape index (κ1) is 17.6. The molecule has 0 amide bonds. The Hall–Kier alpha value is 0.580. The summed E-state index contributed by atoms with van der Waals surface area (Å²) in [6.07, 6.45) is 18.2. The zero-order valence-corrected chi connectivity index (χ0v) is 14.2. The van der Waals surface area contributed by atoms with E-state index in [1.807, 2.05) is 0 Å². The van der Waals surface area contributed by atoms with Crippen LogP contribution in [0.5, 0.6) is 0 Å². The van der Waals surface area contributed by atoms with Crippen molar-refractivity contribution in [2.75, 3.05) is 0 Å². The van der Waals surface area contributed by atoms with Crippen molar-refractivity contribution < 1.29 is 0 Å². The largest absolute Gasteiger partial charge is 0.118 e. The van der Waals surface area contributed by atoms with Gasteiger partial charge in [0.2, 0.25) is 0 Å². The molecule has 0 heterocycles. The smallest absolute Gasteiger partial charge is 0.102 e. The average Bonchev–Trinajstić information content (AvgIpc) is 2.38. The molecule has 0 aromatic rings. The second-order valence-electron chi connectivity index (χ2n) is 6.44. The molecule has 0 spiro atoms. The van der Waals surface area contributed by atoms with E-state index >= 15 is 0 Å². The van der Waals surface area contributed by atoms with Gasteiger partial charge in [-0.15, -0.1) is 23.2 Å². The number of rotatable bonds is 10. The van der Waals surface area contributed by atoms with Gasteiger partial charge >= 0.3 is 0 Å². The SMILES string of the molecule is CCCCCCCCCC(Cl)(Cl)CC1CCCCC1. The van der Waals surface area contributed by atoms with Gasteiger partial charge in [0.25, 0.3) is 0 Å². The quantitative estimate of drug-likeness (QED) is 0.294. The molecule has 0 aromatic heterocycles. The van der Waals surface area contributed by atoms with Crippen molar-refractivity contribution in [2.24, 2.45) is 5.92 Å². The Morgan fingerprint density at radius 1 is 0.842 bits per heavy atom. The van der Waals surface area contributed by atoms with Crippen molar-refractivity contribution >= 4 is 23.2 Å². The Kier molecular flexibility index (Phi) is 9.58. The lowest BCUT2D eigenvalue weighted by Gasteiger charge is -2.28. The van der Waals surface area contributed by atoms with E-state index in [1.165, 1.54) is 77.0 Å². The summed E-state index contributed by atoms with van der Waals surface area (Å²) in [5, 5.41) is 0. The third-order valence-corrected chi connectivity index (χ3v) is 5.14. The number of hydrogen-bond acceptors (Lipinski definition) is 0. The van der Waals surface area contributed by atoms with Gasteiger partial charge in [0.15, 0.2) is 0 Å². The van der Waals surface area contributed by atoms with E-state index in [1.54, 1.807) is 0 Å². The first-order valence-electron chi connectivity index (χ1n) is 8.52. The molecule has 0 N–H and O–H groups in total. The van der Waals surface area contributed by atoms with Crippen molar-refractivity contribution in [1.82, 2.24) is 0 Å². The van der Waals surface area contributed by atoms with Gasteiger partial charge in [-0.25, -0.2) is 0 Å². The number of unbranched alkanes of at least 4 members (excludes halogenated alkanes) is 6. The highest BCUT2D eigenvalue weighted by Gasteiger charge is 2.28. The van der Waals surface area contributed by atoms with Crippen LogP contribution in [0.2, 0.25) is 0 Å². The Morgan fingerprint density at radius 3 is 2.05 bits per heavy atom. The van der Waals surface area contributed by atoms with Crippen LogP contribution < -0.4 is 0 Å². The molecule has 2 heteroatoms. The molecule has 1 rings (SSSR count). The van der Waals surface area contributed by atoms with Gasteiger partial charge in [0.05, 0.1) is 0 Å². The highest BCUT2D eigenvalue weighted by atomic mass is 35.5. The Morgan fingerprint density at radius 2 is 1.42 bits per heavy atom. The highest BCUT2D eigenvalue weighted by Crippen LogP contribution is 2.39. The minimum atomic E-state index is -0.453. The van der Waals surface area contributed by atoms with Crippen molar-refractivity contribution in [1.29, 1.82) is 0 Å².